The van der Waals surface area contributed by atoms with E-state index in [1.54, 1.807) is 0 Å². The fourth-order valence-electron chi connectivity index (χ4n) is 8.09. The van der Waals surface area contributed by atoms with Crippen molar-refractivity contribution in [2.45, 2.75) is 107 Å². The van der Waals surface area contributed by atoms with Gasteiger partial charge in [-0.15, -0.1) is 0 Å². The third-order valence-corrected chi connectivity index (χ3v) is 10.2. The number of likely N-dealkylation sites (tertiary alicyclic amines) is 1. The molecular formula is C29H54N6O3. The molecule has 0 radical (unpaired) electrons. The fraction of sp³-hybridized carbons (Fsp3) is 0.966. The van der Waals surface area contributed by atoms with E-state index in [1.807, 2.05) is 14.0 Å². The molecule has 0 aromatic heterocycles. The predicted molar refractivity (Wildman–Crippen MR) is 150 cm³/mol. The molecule has 5 fully saturated rings. The summed E-state index contributed by atoms with van der Waals surface area (Å²) in [6.07, 6.45) is 11.2. The summed E-state index contributed by atoms with van der Waals surface area (Å²) in [6.45, 7) is 9.43. The Balaban J connectivity index is 1.13. The summed E-state index contributed by atoms with van der Waals surface area (Å²) in [5.74, 6) is 0.816. The molecule has 0 spiro atoms. The van der Waals surface area contributed by atoms with Crippen LogP contribution in [0.25, 0.3) is 0 Å². The van der Waals surface area contributed by atoms with Gasteiger partial charge in [-0.25, -0.2) is 0 Å². The van der Waals surface area contributed by atoms with Crippen LogP contribution in [0.2, 0.25) is 0 Å². The first-order valence-corrected chi connectivity index (χ1v) is 15.6. The summed E-state index contributed by atoms with van der Waals surface area (Å²) >= 11 is 0. The lowest BCUT2D eigenvalue weighted by molar-refractivity contribution is -0.138. The third-order valence-electron chi connectivity index (χ3n) is 10.2. The molecule has 2 saturated carbocycles. The van der Waals surface area contributed by atoms with E-state index in [1.165, 1.54) is 58.3 Å². The number of likely N-dealkylation sites (N-methyl/N-ethyl adjacent to an activating group) is 1. The average molecular weight is 535 g/mol. The number of hydrogen-bond acceptors (Lipinski definition) is 8. The number of nitrogens with zero attached hydrogens (tertiary/aromatic N) is 3. The summed E-state index contributed by atoms with van der Waals surface area (Å²) in [4.78, 5) is 20.2. The van der Waals surface area contributed by atoms with Crippen LogP contribution in [0.15, 0.2) is 0 Å². The molecule has 3 saturated heterocycles. The van der Waals surface area contributed by atoms with Gasteiger partial charge in [0.25, 0.3) is 0 Å². The Morgan fingerprint density at radius 1 is 0.947 bits per heavy atom. The summed E-state index contributed by atoms with van der Waals surface area (Å²) in [5, 5.41) is 11.8. The van der Waals surface area contributed by atoms with Gasteiger partial charge < -0.3 is 29.9 Å². The number of nitrogens with one attached hydrogen (secondary N) is 3. The first-order valence-electron chi connectivity index (χ1n) is 15.6. The molecule has 2 aliphatic carbocycles. The van der Waals surface area contributed by atoms with Crippen molar-refractivity contribution in [3.63, 3.8) is 0 Å². The quantitative estimate of drug-likeness (QED) is 0.408. The van der Waals surface area contributed by atoms with Crippen LogP contribution in [0, 0.1) is 5.92 Å². The lowest BCUT2D eigenvalue weighted by atomic mass is 9.80. The minimum atomic E-state index is 0.177. The van der Waals surface area contributed by atoms with Crippen LogP contribution in [-0.2, 0) is 14.3 Å². The van der Waals surface area contributed by atoms with E-state index in [4.69, 9.17) is 9.47 Å². The predicted octanol–water partition coefficient (Wildman–Crippen LogP) is 1.23. The average Bonchev–Trinajstić information content (AvgIpc) is 3.38. The van der Waals surface area contributed by atoms with Gasteiger partial charge in [0.1, 0.15) is 6.61 Å². The van der Waals surface area contributed by atoms with E-state index in [0.717, 1.165) is 38.8 Å². The number of ether oxygens (including phenoxy) is 2. The molecule has 3 aliphatic heterocycles. The molecule has 8 unspecified atom stereocenters. The highest BCUT2D eigenvalue weighted by atomic mass is 16.5. The van der Waals surface area contributed by atoms with Crippen LogP contribution in [-0.4, -0.2) is 130 Å². The topological polar surface area (TPSA) is 81.3 Å². The first-order chi connectivity index (χ1) is 18.6. The van der Waals surface area contributed by atoms with Crippen LogP contribution >= 0.6 is 0 Å². The fourth-order valence-corrected chi connectivity index (χ4v) is 8.09. The van der Waals surface area contributed by atoms with Gasteiger partial charge in [0, 0.05) is 76.6 Å². The highest BCUT2D eigenvalue weighted by Crippen LogP contribution is 2.37. The first kappa shape index (κ1) is 28.7. The van der Waals surface area contributed by atoms with Crippen molar-refractivity contribution in [2.24, 2.45) is 5.92 Å². The van der Waals surface area contributed by atoms with Crippen molar-refractivity contribution in [1.82, 2.24) is 30.7 Å². The molecule has 0 bridgehead atoms. The molecule has 9 nitrogen and oxygen atoms in total. The van der Waals surface area contributed by atoms with E-state index < -0.39 is 0 Å². The zero-order valence-electron chi connectivity index (χ0n) is 24.2. The summed E-state index contributed by atoms with van der Waals surface area (Å²) in [7, 11) is 4.12. The number of rotatable bonds is 9. The monoisotopic (exact) mass is 534 g/mol. The van der Waals surface area contributed by atoms with E-state index in [0.29, 0.717) is 48.9 Å². The number of methoxy groups -OCH3 is 1. The van der Waals surface area contributed by atoms with Crippen LogP contribution in [0.5, 0.6) is 0 Å². The molecular weight excluding hydrogens is 480 g/mol. The SMILES string of the molecule is CCOCC(=O)N1CCC2CCCC(NC3CCNC(NC4CCC(N5CCN(C)CC5)CC4OC)C3)C21. The smallest absolute Gasteiger partial charge is 0.248 e. The van der Waals surface area contributed by atoms with E-state index in [-0.39, 0.29) is 18.6 Å². The molecule has 1 amide bonds. The minimum Gasteiger partial charge on any atom is -0.380 e. The normalized spacial score (nSPS) is 39.3. The third kappa shape index (κ3) is 6.90. The maximum atomic E-state index is 12.9. The lowest BCUT2D eigenvalue weighted by Crippen LogP contribution is -2.62. The Morgan fingerprint density at radius 3 is 2.58 bits per heavy atom. The molecule has 218 valence electrons. The Kier molecular flexibility index (Phi) is 10.4. The van der Waals surface area contributed by atoms with E-state index >= 15 is 0 Å². The largest absolute Gasteiger partial charge is 0.380 e. The van der Waals surface area contributed by atoms with Crippen molar-refractivity contribution in [3.05, 3.63) is 0 Å². The van der Waals surface area contributed by atoms with Crippen molar-refractivity contribution in [2.75, 3.05) is 66.6 Å². The standard InChI is InChI=1S/C29H54N6O3/c1-4-38-20-28(36)35-13-11-21-6-5-7-25(29(21)35)31-22-10-12-30-27(18-22)32-24-9-8-23(19-26(24)37-3)34-16-14-33(2)15-17-34/h21-27,29-32H,4-20H2,1-3H3. The highest BCUT2D eigenvalue weighted by Gasteiger charge is 2.44. The minimum absolute atomic E-state index is 0.177. The van der Waals surface area contributed by atoms with Gasteiger partial charge in [0.2, 0.25) is 5.91 Å². The Morgan fingerprint density at radius 2 is 1.79 bits per heavy atom. The summed E-state index contributed by atoms with van der Waals surface area (Å²) in [6, 6.07) is 2.27. The molecule has 8 atom stereocenters. The molecule has 3 N–H and O–H groups in total. The van der Waals surface area contributed by atoms with Crippen LogP contribution < -0.4 is 16.0 Å². The zero-order chi connectivity index (χ0) is 26.5. The summed E-state index contributed by atoms with van der Waals surface area (Å²) < 4.78 is 11.5. The van der Waals surface area contributed by atoms with Gasteiger partial charge in [0.15, 0.2) is 0 Å². The van der Waals surface area contributed by atoms with Crippen molar-refractivity contribution < 1.29 is 14.3 Å². The van der Waals surface area contributed by atoms with Gasteiger partial charge in [-0.1, -0.05) is 6.42 Å². The number of piperazine rings is 1. The number of piperidine rings is 1. The Bertz CT molecular complexity index is 750. The molecule has 5 rings (SSSR count). The van der Waals surface area contributed by atoms with Crippen LogP contribution in [0.4, 0.5) is 0 Å². The maximum Gasteiger partial charge on any atom is 0.248 e. The number of carbonyl (C=O) groups is 1. The second-order valence-electron chi connectivity index (χ2n) is 12.5. The molecule has 9 heteroatoms. The van der Waals surface area contributed by atoms with Crippen molar-refractivity contribution in [1.29, 1.82) is 0 Å². The van der Waals surface area contributed by atoms with Gasteiger partial charge in [-0.2, -0.15) is 0 Å². The number of hydrogen-bond donors (Lipinski definition) is 3. The second-order valence-corrected chi connectivity index (χ2v) is 12.5. The number of fused-ring (bicyclic) bond motifs is 1. The molecule has 3 heterocycles. The van der Waals surface area contributed by atoms with Crippen LogP contribution in [0.3, 0.4) is 0 Å². The lowest BCUT2D eigenvalue weighted by Gasteiger charge is -2.45. The second kappa shape index (κ2) is 13.7. The Hall–Kier alpha value is -0.810. The zero-order valence-corrected chi connectivity index (χ0v) is 24.2. The molecule has 0 aromatic rings. The summed E-state index contributed by atoms with van der Waals surface area (Å²) in [5.41, 5.74) is 0. The van der Waals surface area contributed by atoms with Gasteiger partial charge in [-0.3, -0.25) is 15.0 Å². The van der Waals surface area contributed by atoms with Gasteiger partial charge in [-0.05, 0) is 77.8 Å². The molecule has 38 heavy (non-hydrogen) atoms. The number of carbonyl (C=O) groups excluding carboxylic acids is 1. The highest BCUT2D eigenvalue weighted by molar-refractivity contribution is 5.78. The maximum absolute atomic E-state index is 12.9. The van der Waals surface area contributed by atoms with Gasteiger partial charge in [0.05, 0.1) is 12.3 Å². The molecule has 5 aliphatic rings. The molecule has 0 aromatic carbocycles. The van der Waals surface area contributed by atoms with Crippen molar-refractivity contribution >= 4 is 5.91 Å². The van der Waals surface area contributed by atoms with E-state index in [2.05, 4.69) is 37.7 Å². The Labute approximate surface area is 230 Å². The van der Waals surface area contributed by atoms with E-state index in [9.17, 15) is 4.79 Å². The van der Waals surface area contributed by atoms with Gasteiger partial charge >= 0.3 is 0 Å². The number of amides is 1. The van der Waals surface area contributed by atoms with Crippen molar-refractivity contribution in [3.8, 4) is 0 Å². The van der Waals surface area contributed by atoms with Crippen LogP contribution in [0.1, 0.15) is 64.7 Å².